The number of aromatic nitrogens is 3. The van der Waals surface area contributed by atoms with E-state index in [1.165, 1.54) is 10.9 Å². The summed E-state index contributed by atoms with van der Waals surface area (Å²) in [5.41, 5.74) is 5.73. The number of halogens is 1. The first kappa shape index (κ1) is 12.4. The number of ether oxygens (including phenoxy) is 1. The highest BCUT2D eigenvalue weighted by Gasteiger charge is 2.19. The molecule has 2 aromatic rings. The molecule has 94 valence electrons. The second-order valence-corrected chi connectivity index (χ2v) is 3.98. The summed E-state index contributed by atoms with van der Waals surface area (Å²) in [7, 11) is 0. The molecule has 1 atom stereocenters. The monoisotopic (exact) mass is 266 g/mol. The number of hydrogen-bond donors (Lipinski definition) is 1. The summed E-state index contributed by atoms with van der Waals surface area (Å²) < 4.78 is 6.59. The van der Waals surface area contributed by atoms with Gasteiger partial charge in [-0.15, -0.1) is 5.10 Å². The third kappa shape index (κ3) is 2.98. The minimum Gasteiger partial charge on any atom is -0.439 e. The molecule has 1 heterocycles. The summed E-state index contributed by atoms with van der Waals surface area (Å²) in [6, 6.07) is 7.09. The van der Waals surface area contributed by atoms with E-state index in [1.807, 2.05) is 0 Å². The van der Waals surface area contributed by atoms with Crippen molar-refractivity contribution >= 4 is 17.7 Å². The summed E-state index contributed by atoms with van der Waals surface area (Å²) in [5.74, 6) is 0. The van der Waals surface area contributed by atoms with E-state index in [1.54, 1.807) is 30.5 Å². The summed E-state index contributed by atoms with van der Waals surface area (Å²) in [4.78, 5) is 10.9. The number of nitrogens with two attached hydrogens (primary N) is 1. The Morgan fingerprint density at radius 1 is 1.50 bits per heavy atom. The maximum absolute atomic E-state index is 10.9. The molecule has 0 fully saturated rings. The second kappa shape index (κ2) is 5.50. The van der Waals surface area contributed by atoms with E-state index >= 15 is 0 Å². The highest BCUT2D eigenvalue weighted by Crippen LogP contribution is 2.26. The van der Waals surface area contributed by atoms with Gasteiger partial charge in [0.2, 0.25) is 0 Å². The van der Waals surface area contributed by atoms with Crippen molar-refractivity contribution in [2.24, 2.45) is 5.73 Å². The van der Waals surface area contributed by atoms with Crippen LogP contribution in [0.1, 0.15) is 11.7 Å². The van der Waals surface area contributed by atoms with Gasteiger partial charge < -0.3 is 10.5 Å². The van der Waals surface area contributed by atoms with E-state index in [-0.39, 0.29) is 0 Å². The molecule has 0 aliphatic carbocycles. The zero-order chi connectivity index (χ0) is 13.0. The number of carbonyl (C=O) groups is 1. The van der Waals surface area contributed by atoms with Crippen LogP contribution in [0.2, 0.25) is 5.02 Å². The minimum atomic E-state index is -0.861. The molecule has 0 bridgehead atoms. The Kier molecular flexibility index (Phi) is 3.78. The average Bonchev–Trinajstić information content (AvgIpc) is 2.81. The molecule has 1 unspecified atom stereocenters. The van der Waals surface area contributed by atoms with Gasteiger partial charge in [0, 0.05) is 16.8 Å². The summed E-state index contributed by atoms with van der Waals surface area (Å²) in [6.07, 6.45) is 1.74. The van der Waals surface area contributed by atoms with Gasteiger partial charge in [0.05, 0.1) is 12.7 Å². The maximum Gasteiger partial charge on any atom is 0.405 e. The highest BCUT2D eigenvalue weighted by molar-refractivity contribution is 6.31. The fourth-order valence-corrected chi connectivity index (χ4v) is 1.83. The molecule has 2 rings (SSSR count). The molecule has 18 heavy (non-hydrogen) atoms. The van der Waals surface area contributed by atoms with Crippen molar-refractivity contribution < 1.29 is 9.53 Å². The minimum absolute atomic E-state index is 0.298. The number of hydrogen-bond acceptors (Lipinski definition) is 4. The molecule has 1 amide bonds. The molecule has 0 radical (unpaired) electrons. The number of carbonyl (C=O) groups excluding carboxylic acids is 1. The standard InChI is InChI=1S/C11H11ClN4O2/c12-9-4-2-1-3-8(9)10(18-11(13)17)7-16-6-5-14-15-16/h1-6,10H,7H2,(H2,13,17). The van der Waals surface area contributed by atoms with Crippen LogP contribution < -0.4 is 5.73 Å². The van der Waals surface area contributed by atoms with Crippen molar-refractivity contribution in [3.05, 3.63) is 47.2 Å². The van der Waals surface area contributed by atoms with E-state index in [2.05, 4.69) is 10.3 Å². The molecular formula is C11H11ClN4O2. The molecule has 0 saturated heterocycles. The third-order valence-electron chi connectivity index (χ3n) is 2.34. The van der Waals surface area contributed by atoms with Gasteiger partial charge in [-0.25, -0.2) is 9.48 Å². The van der Waals surface area contributed by atoms with Crippen molar-refractivity contribution in [2.75, 3.05) is 0 Å². The second-order valence-electron chi connectivity index (χ2n) is 3.57. The lowest BCUT2D eigenvalue weighted by molar-refractivity contribution is 0.0930. The van der Waals surface area contributed by atoms with E-state index in [4.69, 9.17) is 22.1 Å². The zero-order valence-corrected chi connectivity index (χ0v) is 10.1. The SMILES string of the molecule is NC(=O)OC(Cn1ccnn1)c1ccccc1Cl. The Bertz CT molecular complexity index is 530. The van der Waals surface area contributed by atoms with E-state index in [9.17, 15) is 4.79 Å². The van der Waals surface area contributed by atoms with Gasteiger partial charge in [0.25, 0.3) is 0 Å². The highest BCUT2D eigenvalue weighted by atomic mass is 35.5. The Hall–Kier alpha value is -2.08. The van der Waals surface area contributed by atoms with Crippen LogP contribution in [0.15, 0.2) is 36.7 Å². The predicted octanol–water partition coefficient (Wildman–Crippen LogP) is 1.77. The lowest BCUT2D eigenvalue weighted by Crippen LogP contribution is -2.21. The molecular weight excluding hydrogens is 256 g/mol. The molecule has 1 aromatic heterocycles. The van der Waals surface area contributed by atoms with Crippen molar-refractivity contribution in [3.8, 4) is 0 Å². The first-order valence-corrected chi connectivity index (χ1v) is 5.59. The lowest BCUT2D eigenvalue weighted by atomic mass is 10.1. The first-order valence-electron chi connectivity index (χ1n) is 5.21. The lowest BCUT2D eigenvalue weighted by Gasteiger charge is -2.17. The number of primary amides is 1. The van der Waals surface area contributed by atoms with Crippen LogP contribution in [0, 0.1) is 0 Å². The molecule has 0 spiro atoms. The Balaban J connectivity index is 2.25. The number of benzene rings is 1. The molecule has 1 aromatic carbocycles. The van der Waals surface area contributed by atoms with Crippen molar-refractivity contribution in [3.63, 3.8) is 0 Å². The van der Waals surface area contributed by atoms with Crippen molar-refractivity contribution in [2.45, 2.75) is 12.6 Å². The van der Waals surface area contributed by atoms with E-state index in [0.717, 1.165) is 0 Å². The van der Waals surface area contributed by atoms with Gasteiger partial charge in [0.15, 0.2) is 0 Å². The molecule has 6 nitrogen and oxygen atoms in total. The largest absolute Gasteiger partial charge is 0.439 e. The van der Waals surface area contributed by atoms with Gasteiger partial charge in [-0.1, -0.05) is 35.0 Å². The maximum atomic E-state index is 10.9. The number of amides is 1. The normalized spacial score (nSPS) is 12.1. The van der Waals surface area contributed by atoms with Crippen LogP contribution in [0.25, 0.3) is 0 Å². The fourth-order valence-electron chi connectivity index (χ4n) is 1.58. The van der Waals surface area contributed by atoms with Gasteiger partial charge in [-0.3, -0.25) is 0 Å². The topological polar surface area (TPSA) is 83.0 Å². The summed E-state index contributed by atoms with van der Waals surface area (Å²) in [6.45, 7) is 0.298. The van der Waals surface area contributed by atoms with Gasteiger partial charge >= 0.3 is 6.09 Å². The number of rotatable bonds is 4. The van der Waals surface area contributed by atoms with Crippen LogP contribution in [0.3, 0.4) is 0 Å². The van der Waals surface area contributed by atoms with Crippen LogP contribution in [-0.2, 0) is 11.3 Å². The fraction of sp³-hybridized carbons (Fsp3) is 0.182. The number of nitrogens with zero attached hydrogens (tertiary/aromatic N) is 3. The van der Waals surface area contributed by atoms with Gasteiger partial charge in [-0.2, -0.15) is 0 Å². The molecule has 7 heteroatoms. The molecule has 0 saturated carbocycles. The van der Waals surface area contributed by atoms with Gasteiger partial charge in [0.1, 0.15) is 6.10 Å². The quantitative estimate of drug-likeness (QED) is 0.914. The van der Waals surface area contributed by atoms with Gasteiger partial charge in [-0.05, 0) is 6.07 Å². The first-order chi connectivity index (χ1) is 8.66. The van der Waals surface area contributed by atoms with Crippen LogP contribution in [-0.4, -0.2) is 21.1 Å². The molecule has 0 aliphatic heterocycles. The Morgan fingerprint density at radius 2 is 2.28 bits per heavy atom. The average molecular weight is 267 g/mol. The molecule has 2 N–H and O–H groups in total. The van der Waals surface area contributed by atoms with Crippen LogP contribution >= 0.6 is 11.6 Å². The third-order valence-corrected chi connectivity index (χ3v) is 2.68. The Morgan fingerprint density at radius 3 is 2.89 bits per heavy atom. The van der Waals surface area contributed by atoms with Crippen molar-refractivity contribution in [1.82, 2.24) is 15.0 Å². The Labute approximate surface area is 108 Å². The summed E-state index contributed by atoms with van der Waals surface area (Å²) >= 11 is 6.07. The zero-order valence-electron chi connectivity index (χ0n) is 9.36. The van der Waals surface area contributed by atoms with E-state index in [0.29, 0.717) is 17.1 Å². The van der Waals surface area contributed by atoms with Crippen LogP contribution in [0.5, 0.6) is 0 Å². The van der Waals surface area contributed by atoms with Crippen LogP contribution in [0.4, 0.5) is 4.79 Å². The smallest absolute Gasteiger partial charge is 0.405 e. The van der Waals surface area contributed by atoms with Crippen molar-refractivity contribution in [1.29, 1.82) is 0 Å². The molecule has 0 aliphatic rings. The summed E-state index contributed by atoms with van der Waals surface area (Å²) in [5, 5.41) is 7.99. The predicted molar refractivity (Wildman–Crippen MR) is 64.9 cm³/mol. The van der Waals surface area contributed by atoms with E-state index < -0.39 is 12.2 Å².